The molecule has 4 heteroatoms. The van der Waals surface area contributed by atoms with E-state index in [1.807, 2.05) is 0 Å². The number of hydrogen-bond donors (Lipinski definition) is 0. The fourth-order valence-corrected chi connectivity index (χ4v) is 10.2. The summed E-state index contributed by atoms with van der Waals surface area (Å²) >= 11 is -0.698. The van der Waals surface area contributed by atoms with Gasteiger partial charge in [0, 0.05) is 0 Å². The van der Waals surface area contributed by atoms with Crippen LogP contribution in [0.25, 0.3) is 9.36 Å². The van der Waals surface area contributed by atoms with Gasteiger partial charge in [-0.05, 0) is 0 Å². The van der Waals surface area contributed by atoms with Crippen LogP contribution in [0.4, 0.5) is 0 Å². The Hall–Kier alpha value is -0.0569. The third kappa shape index (κ3) is 3.96. The summed E-state index contributed by atoms with van der Waals surface area (Å²) in [7, 11) is 0.959. The van der Waals surface area contributed by atoms with E-state index in [2.05, 4.69) is 65.0 Å². The minimum atomic E-state index is -0.698. The molecule has 1 aliphatic carbocycles. The zero-order valence-electron chi connectivity index (χ0n) is 14.1. The van der Waals surface area contributed by atoms with Gasteiger partial charge in [-0.1, -0.05) is 0 Å². The molecule has 1 aromatic carbocycles. The fraction of sp³-hybridized carbons (Fsp3) is 0.263. The van der Waals surface area contributed by atoms with E-state index in [0.717, 1.165) is 8.19 Å². The molecule has 1 heterocycles. The van der Waals surface area contributed by atoms with Crippen LogP contribution in [0.5, 0.6) is 0 Å². The first-order chi connectivity index (χ1) is 9.99. The van der Waals surface area contributed by atoms with Gasteiger partial charge in [0.15, 0.2) is 0 Å². The van der Waals surface area contributed by atoms with Gasteiger partial charge in [0.1, 0.15) is 0 Å². The molecule has 0 nitrogen and oxygen atoms in total. The monoisotopic (exact) mass is 440 g/mol. The number of allylic oxidation sites excluding steroid dienone is 2. The van der Waals surface area contributed by atoms with Crippen LogP contribution < -0.4 is 38.3 Å². The summed E-state index contributed by atoms with van der Waals surface area (Å²) in [6, 6.07) is 8.92. The van der Waals surface area contributed by atoms with E-state index >= 15 is 0 Å². The zero-order chi connectivity index (χ0) is 15.1. The van der Waals surface area contributed by atoms with Crippen LogP contribution in [0.15, 0.2) is 35.4 Å². The molecule has 0 saturated heterocycles. The number of fused-ring (bicyclic) bond motifs is 1. The Labute approximate surface area is 164 Å². The maximum Gasteiger partial charge on any atom is -1.00 e. The van der Waals surface area contributed by atoms with Crippen molar-refractivity contribution in [1.82, 2.24) is 0 Å². The van der Waals surface area contributed by atoms with E-state index in [1.165, 1.54) is 21.6 Å². The van der Waals surface area contributed by atoms with Gasteiger partial charge < -0.3 is 24.8 Å². The maximum absolute atomic E-state index is 2.40. The van der Waals surface area contributed by atoms with Gasteiger partial charge in [-0.15, -0.1) is 0 Å². The van der Waals surface area contributed by atoms with Crippen LogP contribution >= 0.6 is 8.19 Å². The molecule has 23 heavy (non-hydrogen) atoms. The van der Waals surface area contributed by atoms with E-state index in [9.17, 15) is 0 Å². The molecule has 120 valence electrons. The van der Waals surface area contributed by atoms with Crippen molar-refractivity contribution >= 4 is 20.6 Å². The average molecular weight is 442 g/mol. The average Bonchev–Trinajstić information content (AvgIpc) is 2.94. The maximum atomic E-state index is 2.40. The molecule has 1 unspecified atom stereocenters. The molecule has 0 amide bonds. The SMILES string of the molecule is CC(C)=C1C=c2ccccc2=[C]1[Zr+2][c]1[pH]c(C)c(C)c1C.[Cl-].[Cl-]. The largest absolute Gasteiger partial charge is 1.00 e. The number of hydrogen-bond acceptors (Lipinski definition) is 0. The first-order valence-electron chi connectivity index (χ1n) is 7.40. The minimum absolute atomic E-state index is 0. The Morgan fingerprint density at radius 1 is 0.957 bits per heavy atom. The summed E-state index contributed by atoms with van der Waals surface area (Å²) in [5, 5.41) is 4.54. The number of halogens is 2. The van der Waals surface area contributed by atoms with Crippen molar-refractivity contribution in [3.63, 3.8) is 0 Å². The second-order valence-corrected chi connectivity index (χ2v) is 11.8. The minimum Gasteiger partial charge on any atom is -1.00 e. The number of rotatable bonds is 2. The summed E-state index contributed by atoms with van der Waals surface area (Å²) < 4.78 is 3.49. The van der Waals surface area contributed by atoms with Gasteiger partial charge in [-0.3, -0.25) is 0 Å². The normalized spacial score (nSPS) is 12.2. The predicted octanol–water partition coefficient (Wildman–Crippen LogP) is -2.70. The Morgan fingerprint density at radius 3 is 2.17 bits per heavy atom. The van der Waals surface area contributed by atoms with Crippen LogP contribution in [0.3, 0.4) is 0 Å². The Bertz CT molecular complexity index is 871. The van der Waals surface area contributed by atoms with Crippen LogP contribution in [0.2, 0.25) is 0 Å². The van der Waals surface area contributed by atoms with E-state index in [0.29, 0.717) is 0 Å². The molecule has 0 aliphatic heterocycles. The van der Waals surface area contributed by atoms with Gasteiger partial charge in [0.05, 0.1) is 0 Å². The molecule has 0 saturated carbocycles. The predicted molar refractivity (Wildman–Crippen MR) is 91.7 cm³/mol. The van der Waals surface area contributed by atoms with E-state index < -0.39 is 23.2 Å². The summed E-state index contributed by atoms with van der Waals surface area (Å²) in [5.74, 6) is 0. The Balaban J connectivity index is 0.00000132. The van der Waals surface area contributed by atoms with Crippen LogP contribution in [-0.2, 0) is 23.2 Å². The topological polar surface area (TPSA) is 0 Å². The summed E-state index contributed by atoms with van der Waals surface area (Å²) in [6.07, 6.45) is 2.40. The van der Waals surface area contributed by atoms with Crippen molar-refractivity contribution < 1.29 is 48.0 Å². The first-order valence-corrected chi connectivity index (χ1v) is 10.9. The molecule has 3 rings (SSSR count). The van der Waals surface area contributed by atoms with Crippen molar-refractivity contribution in [2.75, 3.05) is 0 Å². The van der Waals surface area contributed by atoms with Crippen molar-refractivity contribution in [3.05, 3.63) is 62.3 Å². The molecular formula is C19H21Cl2PZr. The van der Waals surface area contributed by atoms with Crippen molar-refractivity contribution in [3.8, 4) is 0 Å². The summed E-state index contributed by atoms with van der Waals surface area (Å²) in [6.45, 7) is 11.5. The first kappa shape index (κ1) is 21.0. The third-order valence-corrected chi connectivity index (χ3v) is 10.9. The van der Waals surface area contributed by atoms with Gasteiger partial charge in [0.2, 0.25) is 0 Å². The number of benzene rings is 1. The van der Waals surface area contributed by atoms with E-state index in [-0.39, 0.29) is 24.8 Å². The molecule has 0 spiro atoms. The number of aryl methyl sites for hydroxylation is 1. The van der Waals surface area contributed by atoms with Gasteiger partial charge in [-0.2, -0.15) is 0 Å². The third-order valence-electron chi connectivity index (χ3n) is 4.40. The Morgan fingerprint density at radius 2 is 1.61 bits per heavy atom. The van der Waals surface area contributed by atoms with Crippen molar-refractivity contribution in [2.24, 2.45) is 0 Å². The Kier molecular flexibility index (Phi) is 7.62. The van der Waals surface area contributed by atoms with Crippen molar-refractivity contribution in [1.29, 1.82) is 0 Å². The molecule has 1 aromatic heterocycles. The van der Waals surface area contributed by atoms with Gasteiger partial charge >= 0.3 is 141 Å². The summed E-state index contributed by atoms with van der Waals surface area (Å²) in [4.78, 5) is 0. The molecule has 0 fully saturated rings. The second kappa shape index (κ2) is 8.35. The zero-order valence-corrected chi connectivity index (χ0v) is 19.1. The fourth-order valence-electron chi connectivity index (χ4n) is 2.85. The van der Waals surface area contributed by atoms with Crippen LogP contribution in [0.1, 0.15) is 30.3 Å². The van der Waals surface area contributed by atoms with Crippen molar-refractivity contribution in [2.45, 2.75) is 34.6 Å². The van der Waals surface area contributed by atoms with Gasteiger partial charge in [0.25, 0.3) is 0 Å². The molecule has 0 radical (unpaired) electrons. The smallest absolute Gasteiger partial charge is 1.00 e. The van der Waals surface area contributed by atoms with Crippen LogP contribution in [0, 0.1) is 20.8 Å². The molecule has 0 bridgehead atoms. The second-order valence-electron chi connectivity index (χ2n) is 6.02. The van der Waals surface area contributed by atoms with Gasteiger partial charge in [-0.25, -0.2) is 0 Å². The quantitative estimate of drug-likeness (QED) is 0.475. The molecule has 1 aliphatic rings. The van der Waals surface area contributed by atoms with E-state index in [1.54, 1.807) is 22.7 Å². The molecule has 2 aromatic rings. The van der Waals surface area contributed by atoms with Crippen LogP contribution in [-0.4, -0.2) is 0 Å². The summed E-state index contributed by atoms with van der Waals surface area (Å²) in [5.41, 5.74) is 6.14. The molecule has 1 atom stereocenters. The molecule has 0 N–H and O–H groups in total. The standard InChI is InChI=1S/C12H11.C7H10P.2ClH.Zr/c1-9(2)12-7-10-5-3-4-6-11(10)8-12;1-5-4-8-7(3)6(5)2;;;/h3-7H,1-2H3;8H,1-3H3;2*1H;/q;;;;+2/p-2. The van der Waals surface area contributed by atoms with E-state index in [4.69, 9.17) is 0 Å². The molecular weight excluding hydrogens is 421 g/mol.